The molecule has 0 amide bonds. The molecule has 0 saturated heterocycles. The summed E-state index contributed by atoms with van der Waals surface area (Å²) in [6, 6.07) is 5.96. The summed E-state index contributed by atoms with van der Waals surface area (Å²) >= 11 is 0. The molecule has 0 fully saturated rings. The van der Waals surface area contributed by atoms with Crippen LogP contribution in [0.15, 0.2) is 23.2 Å². The summed E-state index contributed by atoms with van der Waals surface area (Å²) in [5.41, 5.74) is 2.67. The van der Waals surface area contributed by atoms with Crippen molar-refractivity contribution in [2.45, 2.75) is 53.2 Å². The summed E-state index contributed by atoms with van der Waals surface area (Å²) in [5.74, 6) is 0. The third-order valence-electron chi connectivity index (χ3n) is 2.77. The van der Waals surface area contributed by atoms with Crippen molar-refractivity contribution in [3.8, 4) is 0 Å². The predicted molar refractivity (Wildman–Crippen MR) is 92.8 cm³/mol. The van der Waals surface area contributed by atoms with Gasteiger partial charge in [-0.3, -0.25) is 0 Å². The SMILES string of the molecule is Cc1cc(B(OC(C)C)OC(C)(C)C)ccc1NC=NCO. The van der Waals surface area contributed by atoms with Crippen LogP contribution in [0.25, 0.3) is 0 Å². The molecule has 0 aliphatic heterocycles. The molecule has 0 spiro atoms. The first-order valence-electron chi connectivity index (χ1n) is 7.52. The molecule has 22 heavy (non-hydrogen) atoms. The monoisotopic (exact) mass is 306 g/mol. The van der Waals surface area contributed by atoms with Gasteiger partial charge in [0.2, 0.25) is 0 Å². The van der Waals surface area contributed by atoms with Gasteiger partial charge in [0.1, 0.15) is 6.73 Å². The van der Waals surface area contributed by atoms with Gasteiger partial charge in [0.05, 0.1) is 6.34 Å². The van der Waals surface area contributed by atoms with Crippen molar-refractivity contribution in [1.29, 1.82) is 0 Å². The van der Waals surface area contributed by atoms with Crippen LogP contribution >= 0.6 is 0 Å². The first-order chi connectivity index (χ1) is 10.2. The lowest BCUT2D eigenvalue weighted by Gasteiger charge is -2.27. The molecule has 0 aliphatic carbocycles. The topological polar surface area (TPSA) is 63.1 Å². The summed E-state index contributed by atoms with van der Waals surface area (Å²) in [4.78, 5) is 3.72. The lowest BCUT2D eigenvalue weighted by atomic mass is 9.76. The minimum absolute atomic E-state index is 0.0714. The highest BCUT2D eigenvalue weighted by molar-refractivity contribution is 6.61. The van der Waals surface area contributed by atoms with E-state index in [1.165, 1.54) is 6.34 Å². The number of anilines is 1. The molecule has 2 N–H and O–H groups in total. The van der Waals surface area contributed by atoms with Crippen LogP contribution in [0.3, 0.4) is 0 Å². The average Bonchev–Trinajstić information content (AvgIpc) is 2.38. The van der Waals surface area contributed by atoms with Gasteiger partial charge >= 0.3 is 7.12 Å². The van der Waals surface area contributed by atoms with Crippen molar-refractivity contribution in [2.75, 3.05) is 12.0 Å². The Kier molecular flexibility index (Phi) is 7.06. The largest absolute Gasteiger partial charge is 0.494 e. The number of nitrogens with one attached hydrogen (secondary N) is 1. The average molecular weight is 306 g/mol. The van der Waals surface area contributed by atoms with Crippen molar-refractivity contribution >= 4 is 24.6 Å². The summed E-state index contributed by atoms with van der Waals surface area (Å²) in [7, 11) is -0.404. The molecule has 0 radical (unpaired) electrons. The van der Waals surface area contributed by atoms with E-state index in [4.69, 9.17) is 14.4 Å². The van der Waals surface area contributed by atoms with Crippen LogP contribution in [0, 0.1) is 6.92 Å². The second-order valence-electron chi connectivity index (χ2n) is 6.42. The molecule has 0 heterocycles. The standard InChI is InChI=1S/C16H27BN2O3/c1-12(2)21-17(22-16(4,5)6)14-7-8-15(13(3)9-14)19-10-18-11-20/h7-10,12,20H,11H2,1-6H3,(H,18,19). The highest BCUT2D eigenvalue weighted by Crippen LogP contribution is 2.15. The highest BCUT2D eigenvalue weighted by Gasteiger charge is 2.28. The van der Waals surface area contributed by atoms with Gasteiger partial charge in [-0.2, -0.15) is 0 Å². The van der Waals surface area contributed by atoms with Gasteiger partial charge in [-0.25, -0.2) is 4.99 Å². The first kappa shape index (κ1) is 18.7. The minimum atomic E-state index is -0.404. The zero-order valence-electron chi connectivity index (χ0n) is 14.4. The fourth-order valence-corrected chi connectivity index (χ4v) is 1.89. The van der Waals surface area contributed by atoms with Crippen LogP contribution in [0.1, 0.15) is 40.2 Å². The molecule has 0 unspecified atom stereocenters. The van der Waals surface area contributed by atoms with E-state index in [1.807, 2.05) is 59.7 Å². The lowest BCUT2D eigenvalue weighted by Crippen LogP contribution is -2.44. The van der Waals surface area contributed by atoms with Crippen molar-refractivity contribution in [3.05, 3.63) is 23.8 Å². The maximum absolute atomic E-state index is 8.65. The fraction of sp³-hybridized carbons (Fsp3) is 0.562. The molecule has 1 aromatic rings. The molecule has 1 rings (SSSR count). The Bertz CT molecular complexity index is 499. The Morgan fingerprint density at radius 2 is 2.05 bits per heavy atom. The van der Waals surface area contributed by atoms with Crippen LogP contribution in [0.2, 0.25) is 0 Å². The van der Waals surface area contributed by atoms with Gasteiger partial charge in [-0.1, -0.05) is 12.1 Å². The molecule has 0 saturated carbocycles. The molecule has 0 aromatic heterocycles. The van der Waals surface area contributed by atoms with Crippen LogP contribution in [-0.4, -0.2) is 37.0 Å². The molecule has 6 heteroatoms. The molecule has 0 atom stereocenters. The van der Waals surface area contributed by atoms with Crippen molar-refractivity contribution in [1.82, 2.24) is 0 Å². The molecular formula is C16H27BN2O3. The van der Waals surface area contributed by atoms with Crippen molar-refractivity contribution < 1.29 is 14.4 Å². The number of aryl methyl sites for hydroxylation is 1. The Hall–Kier alpha value is -1.37. The third-order valence-corrected chi connectivity index (χ3v) is 2.77. The fourth-order valence-electron chi connectivity index (χ4n) is 1.89. The van der Waals surface area contributed by atoms with E-state index in [0.29, 0.717) is 0 Å². The van der Waals surface area contributed by atoms with E-state index in [9.17, 15) is 0 Å². The molecular weight excluding hydrogens is 279 g/mol. The molecule has 1 aromatic carbocycles. The summed E-state index contributed by atoms with van der Waals surface area (Å²) < 4.78 is 11.9. The smallest absolute Gasteiger partial charge is 0.405 e. The number of rotatable bonds is 7. The van der Waals surface area contributed by atoms with E-state index in [2.05, 4.69) is 10.3 Å². The Balaban J connectivity index is 2.95. The minimum Gasteiger partial charge on any atom is -0.405 e. The maximum atomic E-state index is 8.65. The third kappa shape index (κ3) is 6.60. The van der Waals surface area contributed by atoms with Crippen LogP contribution in [-0.2, 0) is 9.31 Å². The van der Waals surface area contributed by atoms with E-state index in [1.54, 1.807) is 0 Å². The van der Waals surface area contributed by atoms with Gasteiger partial charge < -0.3 is 19.7 Å². The second-order valence-corrected chi connectivity index (χ2v) is 6.42. The molecule has 5 nitrogen and oxygen atoms in total. The van der Waals surface area contributed by atoms with Crippen LogP contribution < -0.4 is 10.8 Å². The van der Waals surface area contributed by atoms with Gasteiger partial charge in [0.25, 0.3) is 0 Å². The number of nitrogens with zero attached hydrogens (tertiary/aromatic N) is 1. The van der Waals surface area contributed by atoms with Crippen LogP contribution in [0.5, 0.6) is 0 Å². The Morgan fingerprint density at radius 3 is 2.55 bits per heavy atom. The normalized spacial score (nSPS) is 12.2. The quantitative estimate of drug-likeness (QED) is 0.461. The van der Waals surface area contributed by atoms with Gasteiger partial charge in [0, 0.05) is 17.4 Å². The second kappa shape index (κ2) is 8.32. The van der Waals surface area contributed by atoms with Gasteiger partial charge in [-0.05, 0) is 58.6 Å². The maximum Gasteiger partial charge on any atom is 0.494 e. The van der Waals surface area contributed by atoms with E-state index in [0.717, 1.165) is 16.7 Å². The number of hydrogen-bond acceptors (Lipinski definition) is 4. The molecule has 0 aliphatic rings. The van der Waals surface area contributed by atoms with Crippen molar-refractivity contribution in [2.24, 2.45) is 4.99 Å². The summed E-state index contributed by atoms with van der Waals surface area (Å²) in [5, 5.41) is 11.7. The Morgan fingerprint density at radius 1 is 1.36 bits per heavy atom. The van der Waals surface area contributed by atoms with Crippen LogP contribution in [0.4, 0.5) is 5.69 Å². The number of aliphatic hydroxyl groups is 1. The zero-order valence-corrected chi connectivity index (χ0v) is 14.4. The Labute approximate surface area is 133 Å². The highest BCUT2D eigenvalue weighted by atomic mass is 16.6. The van der Waals surface area contributed by atoms with Gasteiger partial charge in [0.15, 0.2) is 0 Å². The number of benzene rings is 1. The summed E-state index contributed by atoms with van der Waals surface area (Å²) in [6.45, 7) is 11.8. The predicted octanol–water partition coefficient (Wildman–Crippen LogP) is 2.32. The van der Waals surface area contributed by atoms with E-state index in [-0.39, 0.29) is 18.4 Å². The first-order valence-corrected chi connectivity index (χ1v) is 7.52. The zero-order chi connectivity index (χ0) is 16.8. The van der Waals surface area contributed by atoms with E-state index < -0.39 is 7.12 Å². The van der Waals surface area contributed by atoms with Crippen molar-refractivity contribution in [3.63, 3.8) is 0 Å². The number of aliphatic imine (C=N–C) groups is 1. The molecule has 0 bridgehead atoms. The lowest BCUT2D eigenvalue weighted by molar-refractivity contribution is 0.0757. The molecule has 122 valence electrons. The summed E-state index contributed by atoms with van der Waals surface area (Å²) in [6.07, 6.45) is 1.55. The number of aliphatic hydroxyl groups excluding tert-OH is 1. The van der Waals surface area contributed by atoms with E-state index >= 15 is 0 Å². The number of hydrogen-bond donors (Lipinski definition) is 2. The van der Waals surface area contributed by atoms with Gasteiger partial charge in [-0.15, -0.1) is 0 Å².